The van der Waals surface area contributed by atoms with Gasteiger partial charge in [0.15, 0.2) is 22.3 Å². The number of thiocarbonyl (C=S) groups is 1. The molecule has 196 valence electrons. The number of carboxylic acids is 1. The Morgan fingerprint density at radius 1 is 1.36 bits per heavy atom. The maximum absolute atomic E-state index is 13.1. The average molecular weight is 614 g/mol. The Morgan fingerprint density at radius 3 is 2.77 bits per heavy atom. The molecule has 0 aliphatic carbocycles. The van der Waals surface area contributed by atoms with Crippen molar-refractivity contribution in [3.63, 3.8) is 0 Å². The van der Waals surface area contributed by atoms with Crippen molar-refractivity contribution >= 4 is 86.2 Å². The Labute approximate surface area is 260 Å². The molecule has 5 heterocycles. The number of thiazole rings is 1. The van der Waals surface area contributed by atoms with Gasteiger partial charge >= 0.3 is 29.6 Å². The number of nitrogens with one attached hydrogen (secondary N) is 1. The summed E-state index contributed by atoms with van der Waals surface area (Å²) in [4.78, 5) is 48.1. The van der Waals surface area contributed by atoms with Crippen molar-refractivity contribution in [1.82, 2.24) is 35.0 Å². The number of amides is 2. The largest absolute Gasteiger partial charge is 1.00 e. The van der Waals surface area contributed by atoms with Crippen molar-refractivity contribution in [3.8, 4) is 0 Å². The molecule has 2 aliphatic rings. The number of fused-ring (bicyclic) bond motifs is 2. The zero-order valence-electron chi connectivity index (χ0n) is 20.5. The van der Waals surface area contributed by atoms with Crippen LogP contribution in [0.5, 0.6) is 0 Å². The van der Waals surface area contributed by atoms with Crippen LogP contribution >= 0.6 is 47.1 Å². The van der Waals surface area contributed by atoms with Crippen LogP contribution in [0.1, 0.15) is 11.5 Å². The first-order valence-electron chi connectivity index (χ1n) is 10.6. The number of carbonyl (C=O) groups is 3. The molecule has 3 N–H and O–H groups in total. The third-order valence-corrected chi connectivity index (χ3v) is 8.55. The number of β-lactam (4-membered cyclic amide) rings is 1. The second kappa shape index (κ2) is 11.9. The summed E-state index contributed by atoms with van der Waals surface area (Å²) in [5.41, 5.74) is 5.85. The summed E-state index contributed by atoms with van der Waals surface area (Å²) in [6.45, 7) is 0. The van der Waals surface area contributed by atoms with E-state index in [0.717, 1.165) is 16.2 Å². The van der Waals surface area contributed by atoms with Crippen LogP contribution in [0.25, 0.3) is 5.65 Å². The molecular weight excluding hydrogens is 598 g/mol. The molecule has 2 amide bonds. The first-order chi connectivity index (χ1) is 18.2. The van der Waals surface area contributed by atoms with Crippen LogP contribution in [-0.2, 0) is 19.2 Å². The molecule has 0 radical (unpaired) electrons. The van der Waals surface area contributed by atoms with E-state index in [1.165, 1.54) is 40.5 Å². The molecule has 0 bridgehead atoms. The van der Waals surface area contributed by atoms with Gasteiger partial charge in [0.2, 0.25) is 0 Å². The van der Waals surface area contributed by atoms with Crippen molar-refractivity contribution < 1.29 is 53.9 Å². The number of nitrogen functional groups attached to an aromatic ring is 1. The number of thioether (sulfide) groups is 2. The molecule has 0 aromatic carbocycles. The smallest absolute Gasteiger partial charge is 0.543 e. The van der Waals surface area contributed by atoms with E-state index in [9.17, 15) is 19.5 Å². The molecular formula is C20H16N9NaO5S4. The first-order valence-corrected chi connectivity index (χ1v) is 14.1. The van der Waals surface area contributed by atoms with E-state index in [2.05, 4.69) is 30.8 Å². The number of nitrogens with two attached hydrogens (primary N) is 1. The second-order valence-electron chi connectivity index (χ2n) is 7.67. The number of aliphatic carboxylic acids is 1. The Hall–Kier alpha value is -2.61. The number of hydrogen-bond donors (Lipinski definition) is 2. The van der Waals surface area contributed by atoms with Gasteiger partial charge in [-0.1, -0.05) is 17.4 Å². The van der Waals surface area contributed by atoms with E-state index < -0.39 is 29.2 Å². The quantitative estimate of drug-likeness (QED) is 0.0476. The predicted octanol–water partition coefficient (Wildman–Crippen LogP) is -3.94. The van der Waals surface area contributed by atoms with Gasteiger partial charge in [-0.25, -0.2) is 4.98 Å². The van der Waals surface area contributed by atoms with Crippen molar-refractivity contribution in [2.45, 2.75) is 16.4 Å². The molecule has 2 atom stereocenters. The third-order valence-electron chi connectivity index (χ3n) is 5.54. The predicted molar refractivity (Wildman–Crippen MR) is 141 cm³/mol. The van der Waals surface area contributed by atoms with E-state index in [4.69, 9.17) is 22.8 Å². The van der Waals surface area contributed by atoms with Gasteiger partial charge in [0.1, 0.15) is 29.2 Å². The van der Waals surface area contributed by atoms with Crippen LogP contribution in [0.2, 0.25) is 0 Å². The molecule has 2 aliphatic heterocycles. The summed E-state index contributed by atoms with van der Waals surface area (Å²) in [6.07, 6.45) is 1.85. The SMILES string of the molecule is CO/N=C(\C(=O)N[C@@H]1C(=O)N2C(C(=O)[O-])=C(C(=S)c3nnc4ccc(SC)nn34)CS[C@@H]12)c1csc(N)n1.[Na+]. The monoisotopic (exact) mass is 613 g/mol. The van der Waals surface area contributed by atoms with E-state index in [-0.39, 0.29) is 73.8 Å². The maximum Gasteiger partial charge on any atom is 1.00 e. The zero-order chi connectivity index (χ0) is 27.1. The number of oxime groups is 1. The van der Waals surface area contributed by atoms with Gasteiger partial charge in [0, 0.05) is 16.7 Å². The molecule has 39 heavy (non-hydrogen) atoms. The normalized spacial score (nSPS) is 18.8. The van der Waals surface area contributed by atoms with Crippen LogP contribution in [0, 0.1) is 0 Å². The second-order valence-corrected chi connectivity index (χ2v) is 10.9. The van der Waals surface area contributed by atoms with Crippen molar-refractivity contribution in [2.75, 3.05) is 24.9 Å². The van der Waals surface area contributed by atoms with Crippen molar-refractivity contribution in [2.24, 2.45) is 5.16 Å². The zero-order valence-corrected chi connectivity index (χ0v) is 25.7. The number of rotatable bonds is 8. The van der Waals surface area contributed by atoms with Crippen molar-refractivity contribution in [1.29, 1.82) is 0 Å². The van der Waals surface area contributed by atoms with Gasteiger partial charge < -0.3 is 25.8 Å². The Kier molecular flexibility index (Phi) is 8.94. The van der Waals surface area contributed by atoms with Crippen LogP contribution in [0.4, 0.5) is 5.13 Å². The molecule has 5 rings (SSSR count). The fraction of sp³-hybridized carbons (Fsp3) is 0.250. The number of carboxylic acid groups (broad SMARTS) is 1. The van der Waals surface area contributed by atoms with Gasteiger partial charge in [-0.15, -0.1) is 45.1 Å². The number of nitrogens with zero attached hydrogens (tertiary/aromatic N) is 7. The minimum absolute atomic E-state index is 0. The third kappa shape index (κ3) is 5.29. The summed E-state index contributed by atoms with van der Waals surface area (Å²) in [5.74, 6) is -2.70. The van der Waals surface area contributed by atoms with Gasteiger partial charge in [-0.05, 0) is 18.4 Å². The van der Waals surface area contributed by atoms with E-state index in [1.807, 2.05) is 6.26 Å². The minimum atomic E-state index is -1.59. The summed E-state index contributed by atoms with van der Waals surface area (Å²) in [5, 5.41) is 32.7. The molecule has 14 nitrogen and oxygen atoms in total. The van der Waals surface area contributed by atoms with E-state index in [1.54, 1.807) is 12.1 Å². The molecule has 19 heteroatoms. The standard InChI is InChI=1S/C20H17N9O5S4.Na/c1-34-27-11(8-6-38-20(21)22-8)16(30)23-12-17(31)28-13(19(32)33)7(5-37-18(12)28)14(35)15-25-24-9-3-4-10(36-2)26-29(9)15;/h3-4,6,12,18H,5H2,1-2H3,(H2,21,22)(H,23,30)(H,32,33);/q;+1/p-1/b27-11-;/t12-,18+;/m1./s1. The molecule has 0 unspecified atom stereocenters. The van der Waals surface area contributed by atoms with Gasteiger partial charge in [0.25, 0.3) is 11.8 Å². The Balaban J connectivity index is 0.00000353. The molecule has 1 saturated heterocycles. The van der Waals surface area contributed by atoms with Gasteiger partial charge in [-0.2, -0.15) is 9.61 Å². The summed E-state index contributed by atoms with van der Waals surface area (Å²) in [7, 11) is 1.26. The number of aromatic nitrogens is 5. The van der Waals surface area contributed by atoms with Crippen LogP contribution < -0.4 is 45.7 Å². The Bertz CT molecular complexity index is 1570. The van der Waals surface area contributed by atoms with Gasteiger partial charge in [0.05, 0.1) is 16.5 Å². The topological polar surface area (TPSA) is 193 Å². The number of hydrogen-bond acceptors (Lipinski definition) is 15. The number of anilines is 1. The fourth-order valence-corrected chi connectivity index (χ4v) is 6.50. The first kappa shape index (κ1) is 29.4. The summed E-state index contributed by atoms with van der Waals surface area (Å²) >= 11 is 9.32. The van der Waals surface area contributed by atoms with Gasteiger partial charge in [-0.3, -0.25) is 14.5 Å². The van der Waals surface area contributed by atoms with Crippen LogP contribution in [-0.4, -0.2) is 88.6 Å². The van der Waals surface area contributed by atoms with Crippen LogP contribution in [0.15, 0.2) is 39.0 Å². The van der Waals surface area contributed by atoms with Crippen LogP contribution in [0.3, 0.4) is 0 Å². The Morgan fingerprint density at radius 2 is 2.13 bits per heavy atom. The molecule has 0 spiro atoms. The summed E-state index contributed by atoms with van der Waals surface area (Å²) < 4.78 is 1.42. The van der Waals surface area contributed by atoms with E-state index in [0.29, 0.717) is 10.7 Å². The summed E-state index contributed by atoms with van der Waals surface area (Å²) in [6, 6.07) is 2.45. The molecule has 1 fully saturated rings. The van der Waals surface area contributed by atoms with E-state index >= 15 is 0 Å². The number of carbonyl (C=O) groups excluding carboxylic acids is 3. The molecule has 3 aromatic heterocycles. The minimum Gasteiger partial charge on any atom is -0.543 e. The average Bonchev–Trinajstić information content (AvgIpc) is 3.54. The maximum atomic E-state index is 13.1. The molecule has 0 saturated carbocycles. The van der Waals surface area contributed by atoms with Crippen molar-refractivity contribution in [3.05, 3.63) is 40.3 Å². The molecule has 3 aromatic rings. The fourth-order valence-electron chi connectivity index (χ4n) is 3.84.